The van der Waals surface area contributed by atoms with Crippen LogP contribution in [0.15, 0.2) is 24.3 Å². The summed E-state index contributed by atoms with van der Waals surface area (Å²) in [5, 5.41) is 8.47. The van der Waals surface area contributed by atoms with Gasteiger partial charge in [-0.1, -0.05) is 0 Å². The van der Waals surface area contributed by atoms with Crippen molar-refractivity contribution in [3.63, 3.8) is 0 Å². The van der Waals surface area contributed by atoms with E-state index in [1.807, 2.05) is 17.7 Å². The zero-order valence-electron chi connectivity index (χ0n) is 17.5. The van der Waals surface area contributed by atoms with E-state index < -0.39 is 0 Å². The summed E-state index contributed by atoms with van der Waals surface area (Å²) in [5.74, 6) is 0.805. The molecule has 1 aliphatic rings. The third-order valence-corrected chi connectivity index (χ3v) is 5.20. The van der Waals surface area contributed by atoms with Crippen LogP contribution in [-0.2, 0) is 5.54 Å². The van der Waals surface area contributed by atoms with Gasteiger partial charge in [0.1, 0.15) is 5.75 Å². The number of carbonyl (C=O) groups is 1. The van der Waals surface area contributed by atoms with Crippen LogP contribution in [0.25, 0.3) is 11.0 Å². The molecule has 1 aliphatic carbocycles. The number of nitrogens with zero attached hydrogens (tertiary/aromatic N) is 3. The summed E-state index contributed by atoms with van der Waals surface area (Å²) in [7, 11) is 1.56. The van der Waals surface area contributed by atoms with Gasteiger partial charge in [0, 0.05) is 17.3 Å². The molecule has 152 valence electrons. The van der Waals surface area contributed by atoms with Crippen LogP contribution in [0, 0.1) is 6.92 Å². The quantitative estimate of drug-likeness (QED) is 0.647. The molecule has 1 saturated carbocycles. The van der Waals surface area contributed by atoms with Crippen LogP contribution >= 0.6 is 0 Å². The van der Waals surface area contributed by atoms with E-state index >= 15 is 0 Å². The highest BCUT2D eigenvalue weighted by Crippen LogP contribution is 2.41. The summed E-state index contributed by atoms with van der Waals surface area (Å²) in [6.45, 7) is 8.18. The average Bonchev–Trinajstić information content (AvgIpc) is 3.44. The summed E-state index contributed by atoms with van der Waals surface area (Å²) in [5.41, 5.74) is 9.95. The lowest BCUT2D eigenvalue weighted by Gasteiger charge is -2.20. The lowest BCUT2D eigenvalue weighted by molar-refractivity contribution is 0.102. The number of benzene rings is 1. The Morgan fingerprint density at radius 3 is 2.59 bits per heavy atom. The predicted octanol–water partition coefficient (Wildman–Crippen LogP) is 4.22. The van der Waals surface area contributed by atoms with E-state index in [0.717, 1.165) is 35.3 Å². The third kappa shape index (κ3) is 3.52. The van der Waals surface area contributed by atoms with Gasteiger partial charge in [-0.05, 0) is 64.8 Å². The van der Waals surface area contributed by atoms with Crippen LogP contribution in [-0.4, -0.2) is 27.8 Å². The van der Waals surface area contributed by atoms with Crippen molar-refractivity contribution in [2.24, 2.45) is 0 Å². The molecule has 0 spiro atoms. The third-order valence-electron chi connectivity index (χ3n) is 5.20. The fourth-order valence-corrected chi connectivity index (χ4v) is 3.55. The van der Waals surface area contributed by atoms with Gasteiger partial charge >= 0.3 is 0 Å². The molecule has 0 atom stereocenters. The van der Waals surface area contributed by atoms with Crippen molar-refractivity contribution in [1.29, 1.82) is 0 Å². The number of hydrogen-bond donors (Lipinski definition) is 2. The van der Waals surface area contributed by atoms with E-state index in [1.165, 1.54) is 0 Å². The number of hydrogen-bond acceptors (Lipinski definition) is 5. The summed E-state index contributed by atoms with van der Waals surface area (Å²) in [4.78, 5) is 18.1. The zero-order chi connectivity index (χ0) is 20.9. The maximum Gasteiger partial charge on any atom is 0.256 e. The van der Waals surface area contributed by atoms with Crippen LogP contribution in [0.1, 0.15) is 61.3 Å². The molecule has 0 saturated heterocycles. The number of anilines is 2. The van der Waals surface area contributed by atoms with E-state index in [9.17, 15) is 4.79 Å². The highest BCUT2D eigenvalue weighted by Gasteiger charge is 2.30. The van der Waals surface area contributed by atoms with Crippen molar-refractivity contribution in [3.05, 3.63) is 41.2 Å². The normalized spacial score (nSPS) is 14.2. The van der Waals surface area contributed by atoms with Gasteiger partial charge in [-0.25, -0.2) is 9.67 Å². The molecule has 29 heavy (non-hydrogen) atoms. The fourth-order valence-electron chi connectivity index (χ4n) is 3.55. The minimum atomic E-state index is -0.236. The lowest BCUT2D eigenvalue weighted by atomic mass is 10.1. The number of aryl methyl sites for hydroxylation is 1. The molecule has 3 aromatic rings. The first-order valence-electron chi connectivity index (χ1n) is 9.84. The Labute approximate surface area is 170 Å². The summed E-state index contributed by atoms with van der Waals surface area (Å²) in [6.07, 6.45) is 2.22. The van der Waals surface area contributed by atoms with Crippen LogP contribution in [0.5, 0.6) is 5.75 Å². The standard InChI is InChI=1S/C22H27N5O2/c1-12-19-15(21(28)24-14-8-9-18(29-5)16(23)10-14)11-17(13-6-7-13)25-20(19)27(26-12)22(2,3)4/h8-11,13H,6-7,23H2,1-5H3,(H,24,28). The van der Waals surface area contributed by atoms with E-state index in [-0.39, 0.29) is 11.4 Å². The fraction of sp³-hybridized carbons (Fsp3) is 0.409. The van der Waals surface area contributed by atoms with Gasteiger partial charge < -0.3 is 15.8 Å². The van der Waals surface area contributed by atoms with Gasteiger partial charge in [0.2, 0.25) is 0 Å². The number of ether oxygens (including phenoxy) is 1. The van der Waals surface area contributed by atoms with Crippen LogP contribution in [0.4, 0.5) is 11.4 Å². The molecular formula is C22H27N5O2. The number of carbonyl (C=O) groups excluding carboxylic acids is 1. The van der Waals surface area contributed by atoms with Gasteiger partial charge in [0.15, 0.2) is 5.65 Å². The molecule has 0 bridgehead atoms. The lowest BCUT2D eigenvalue weighted by Crippen LogP contribution is -2.23. The van der Waals surface area contributed by atoms with Gasteiger partial charge in [-0.15, -0.1) is 0 Å². The first-order valence-corrected chi connectivity index (χ1v) is 9.84. The number of amides is 1. The second-order valence-corrected chi connectivity index (χ2v) is 8.65. The molecule has 0 unspecified atom stereocenters. The first-order chi connectivity index (χ1) is 13.7. The Balaban J connectivity index is 1.80. The van der Waals surface area contributed by atoms with Gasteiger partial charge in [-0.2, -0.15) is 5.10 Å². The highest BCUT2D eigenvalue weighted by atomic mass is 16.5. The molecule has 0 aliphatic heterocycles. The second-order valence-electron chi connectivity index (χ2n) is 8.65. The Hall–Kier alpha value is -3.09. The largest absolute Gasteiger partial charge is 0.495 e. The molecule has 2 heterocycles. The van der Waals surface area contributed by atoms with Crippen LogP contribution < -0.4 is 15.8 Å². The van der Waals surface area contributed by atoms with Gasteiger partial charge in [0.25, 0.3) is 5.91 Å². The second kappa shape index (κ2) is 6.76. The molecule has 1 amide bonds. The van der Waals surface area contributed by atoms with Crippen LogP contribution in [0.2, 0.25) is 0 Å². The Morgan fingerprint density at radius 2 is 2.00 bits per heavy atom. The maximum atomic E-state index is 13.3. The van der Waals surface area contributed by atoms with E-state index in [4.69, 9.17) is 20.6 Å². The molecule has 2 aromatic heterocycles. The van der Waals surface area contributed by atoms with Crippen LogP contribution in [0.3, 0.4) is 0 Å². The topological polar surface area (TPSA) is 95.1 Å². The predicted molar refractivity (Wildman–Crippen MR) is 115 cm³/mol. The number of aromatic nitrogens is 3. The molecule has 0 radical (unpaired) electrons. The number of nitrogen functional groups attached to an aromatic ring is 1. The molecule has 3 N–H and O–H groups in total. The highest BCUT2D eigenvalue weighted by molar-refractivity contribution is 6.13. The minimum Gasteiger partial charge on any atom is -0.495 e. The van der Waals surface area contributed by atoms with E-state index in [2.05, 4.69) is 26.1 Å². The molecule has 7 heteroatoms. The number of methoxy groups -OCH3 is 1. The minimum absolute atomic E-state index is 0.194. The van der Waals surface area contributed by atoms with Crippen molar-refractivity contribution in [2.75, 3.05) is 18.2 Å². The number of nitrogens with two attached hydrogens (primary N) is 1. The number of nitrogens with one attached hydrogen (secondary N) is 1. The van der Waals surface area contributed by atoms with Crippen molar-refractivity contribution in [2.45, 2.75) is 52.0 Å². The van der Waals surface area contributed by atoms with Gasteiger partial charge in [0.05, 0.1) is 35.0 Å². The maximum absolute atomic E-state index is 13.3. The summed E-state index contributed by atoms with van der Waals surface area (Å²) < 4.78 is 7.11. The molecule has 7 nitrogen and oxygen atoms in total. The first kappa shape index (κ1) is 19.2. The van der Waals surface area contributed by atoms with Crippen molar-refractivity contribution < 1.29 is 9.53 Å². The molecule has 4 rings (SSSR count). The monoisotopic (exact) mass is 393 g/mol. The van der Waals surface area contributed by atoms with Crippen molar-refractivity contribution in [3.8, 4) is 5.75 Å². The summed E-state index contributed by atoms with van der Waals surface area (Å²) >= 11 is 0. The zero-order valence-corrected chi connectivity index (χ0v) is 17.5. The van der Waals surface area contributed by atoms with Crippen molar-refractivity contribution >= 4 is 28.3 Å². The number of fused-ring (bicyclic) bond motifs is 1. The Kier molecular flexibility index (Phi) is 4.48. The molecule has 1 aromatic carbocycles. The SMILES string of the molecule is COc1ccc(NC(=O)c2cc(C3CC3)nc3c2c(C)nn3C(C)(C)C)cc1N. The van der Waals surface area contributed by atoms with E-state index in [1.54, 1.807) is 25.3 Å². The summed E-state index contributed by atoms with van der Waals surface area (Å²) in [6, 6.07) is 7.14. The number of pyridine rings is 1. The smallest absolute Gasteiger partial charge is 0.256 e. The Morgan fingerprint density at radius 1 is 1.28 bits per heavy atom. The Bertz CT molecular complexity index is 1110. The molecular weight excluding hydrogens is 366 g/mol. The molecule has 1 fully saturated rings. The average molecular weight is 393 g/mol. The van der Waals surface area contributed by atoms with Gasteiger partial charge in [-0.3, -0.25) is 4.79 Å². The van der Waals surface area contributed by atoms with E-state index in [0.29, 0.717) is 28.6 Å². The number of rotatable bonds is 4. The van der Waals surface area contributed by atoms with Crippen molar-refractivity contribution in [1.82, 2.24) is 14.8 Å².